The molecule has 0 amide bonds. The first-order valence-corrected chi connectivity index (χ1v) is 6.37. The SMILES string of the molecule is O=C(c1ccco1)C1Cc2c(Br)cccc2C1=O. The Labute approximate surface area is 112 Å². The Kier molecular flexibility index (Phi) is 2.67. The summed E-state index contributed by atoms with van der Waals surface area (Å²) in [6.07, 6.45) is 1.88. The molecular formula is C14H9BrO3. The predicted octanol–water partition coefficient (Wildman–Crippen LogP) is 3.28. The van der Waals surface area contributed by atoms with Crippen LogP contribution in [0.1, 0.15) is 26.5 Å². The molecule has 0 N–H and O–H groups in total. The molecule has 1 aliphatic rings. The molecule has 0 bridgehead atoms. The highest BCUT2D eigenvalue weighted by Gasteiger charge is 2.37. The van der Waals surface area contributed by atoms with Crippen molar-refractivity contribution in [3.8, 4) is 0 Å². The molecule has 0 radical (unpaired) electrons. The summed E-state index contributed by atoms with van der Waals surface area (Å²) in [6.45, 7) is 0. The lowest BCUT2D eigenvalue weighted by atomic mass is 9.98. The fourth-order valence-electron chi connectivity index (χ4n) is 2.28. The topological polar surface area (TPSA) is 47.3 Å². The standard InChI is InChI=1S/C14H9BrO3/c15-11-4-1-3-8-9(11)7-10(13(8)16)14(17)12-5-2-6-18-12/h1-6,10H,7H2. The minimum Gasteiger partial charge on any atom is -0.461 e. The molecule has 1 aromatic carbocycles. The zero-order valence-electron chi connectivity index (χ0n) is 9.35. The lowest BCUT2D eigenvalue weighted by Gasteiger charge is -2.03. The minimum atomic E-state index is -0.648. The van der Waals surface area contributed by atoms with Crippen LogP contribution in [0.3, 0.4) is 0 Å². The molecule has 0 aliphatic heterocycles. The number of furan rings is 1. The van der Waals surface area contributed by atoms with Gasteiger partial charge < -0.3 is 4.42 Å². The van der Waals surface area contributed by atoms with Crippen molar-refractivity contribution >= 4 is 27.5 Å². The largest absolute Gasteiger partial charge is 0.461 e. The Hall–Kier alpha value is -1.68. The summed E-state index contributed by atoms with van der Waals surface area (Å²) in [5, 5.41) is 0. The average Bonchev–Trinajstić information content (AvgIpc) is 2.98. The van der Waals surface area contributed by atoms with Gasteiger partial charge in [-0.3, -0.25) is 9.59 Å². The molecule has 0 fully saturated rings. The molecule has 1 aromatic heterocycles. The van der Waals surface area contributed by atoms with Crippen molar-refractivity contribution in [2.24, 2.45) is 5.92 Å². The number of halogens is 1. The van der Waals surface area contributed by atoms with Gasteiger partial charge in [0.15, 0.2) is 11.5 Å². The molecule has 3 nitrogen and oxygen atoms in total. The second kappa shape index (κ2) is 4.21. The second-order valence-corrected chi connectivity index (χ2v) is 5.08. The smallest absolute Gasteiger partial charge is 0.209 e. The second-order valence-electron chi connectivity index (χ2n) is 4.23. The van der Waals surface area contributed by atoms with Gasteiger partial charge in [-0.1, -0.05) is 28.1 Å². The molecule has 3 rings (SSSR count). The number of hydrogen-bond acceptors (Lipinski definition) is 3. The molecule has 0 saturated carbocycles. The van der Waals surface area contributed by atoms with Gasteiger partial charge in [-0.2, -0.15) is 0 Å². The van der Waals surface area contributed by atoms with E-state index in [0.29, 0.717) is 12.0 Å². The molecule has 2 aromatic rings. The monoisotopic (exact) mass is 304 g/mol. The first kappa shape index (κ1) is 11.4. The van der Waals surface area contributed by atoms with Crippen LogP contribution < -0.4 is 0 Å². The molecule has 1 atom stereocenters. The van der Waals surface area contributed by atoms with Crippen LogP contribution in [0.5, 0.6) is 0 Å². The first-order chi connectivity index (χ1) is 8.68. The molecule has 1 unspecified atom stereocenters. The van der Waals surface area contributed by atoms with E-state index in [1.54, 1.807) is 24.3 Å². The maximum atomic E-state index is 12.2. The number of benzene rings is 1. The van der Waals surface area contributed by atoms with Gasteiger partial charge in [0.1, 0.15) is 0 Å². The van der Waals surface area contributed by atoms with Gasteiger partial charge in [0, 0.05) is 10.0 Å². The Morgan fingerprint density at radius 3 is 2.78 bits per heavy atom. The highest BCUT2D eigenvalue weighted by molar-refractivity contribution is 9.10. The van der Waals surface area contributed by atoms with Crippen LogP contribution in [0.15, 0.2) is 45.5 Å². The molecule has 1 aliphatic carbocycles. The Bertz CT molecular complexity index is 628. The van der Waals surface area contributed by atoms with Gasteiger partial charge in [-0.15, -0.1) is 0 Å². The van der Waals surface area contributed by atoms with E-state index in [1.807, 2.05) is 6.07 Å². The van der Waals surface area contributed by atoms with Gasteiger partial charge in [-0.05, 0) is 30.2 Å². The summed E-state index contributed by atoms with van der Waals surface area (Å²) in [5.74, 6) is -0.761. The van der Waals surface area contributed by atoms with Crippen LogP contribution in [0.25, 0.3) is 0 Å². The average molecular weight is 305 g/mol. The van der Waals surface area contributed by atoms with E-state index in [-0.39, 0.29) is 17.3 Å². The van der Waals surface area contributed by atoms with Gasteiger partial charge in [-0.25, -0.2) is 0 Å². The van der Waals surface area contributed by atoms with Crippen molar-refractivity contribution in [1.82, 2.24) is 0 Å². The number of carbonyl (C=O) groups excluding carboxylic acids is 2. The maximum Gasteiger partial charge on any atom is 0.209 e. The van der Waals surface area contributed by atoms with Gasteiger partial charge in [0.25, 0.3) is 0 Å². The van der Waals surface area contributed by atoms with E-state index in [1.165, 1.54) is 6.26 Å². The minimum absolute atomic E-state index is 0.118. The van der Waals surface area contributed by atoms with E-state index in [4.69, 9.17) is 4.42 Å². The van der Waals surface area contributed by atoms with Crippen LogP contribution in [0.2, 0.25) is 0 Å². The van der Waals surface area contributed by atoms with Crippen LogP contribution >= 0.6 is 15.9 Å². The van der Waals surface area contributed by atoms with Gasteiger partial charge >= 0.3 is 0 Å². The molecule has 90 valence electrons. The third-order valence-electron chi connectivity index (χ3n) is 3.19. The summed E-state index contributed by atoms with van der Waals surface area (Å²) in [7, 11) is 0. The van der Waals surface area contributed by atoms with Gasteiger partial charge in [0.05, 0.1) is 12.2 Å². The lowest BCUT2D eigenvalue weighted by molar-refractivity contribution is 0.0804. The summed E-state index contributed by atoms with van der Waals surface area (Å²) < 4.78 is 5.95. The summed E-state index contributed by atoms with van der Waals surface area (Å²) in [6, 6.07) is 8.69. The number of Topliss-reactive ketones (excluding diaryl/α,β-unsaturated/α-hetero) is 2. The first-order valence-electron chi connectivity index (χ1n) is 5.58. The van der Waals surface area contributed by atoms with Crippen molar-refractivity contribution in [1.29, 1.82) is 0 Å². The van der Waals surface area contributed by atoms with E-state index in [9.17, 15) is 9.59 Å². The molecule has 1 heterocycles. The van der Waals surface area contributed by atoms with E-state index < -0.39 is 5.92 Å². The molecular weight excluding hydrogens is 296 g/mol. The molecule has 0 saturated heterocycles. The summed E-state index contributed by atoms with van der Waals surface area (Å²) in [5.41, 5.74) is 1.54. The number of hydrogen-bond donors (Lipinski definition) is 0. The predicted molar refractivity (Wildman–Crippen MR) is 68.7 cm³/mol. The Balaban J connectivity index is 1.98. The van der Waals surface area contributed by atoms with Crippen molar-refractivity contribution in [2.75, 3.05) is 0 Å². The van der Waals surface area contributed by atoms with Crippen LogP contribution in [-0.2, 0) is 6.42 Å². The molecule has 4 heteroatoms. The zero-order chi connectivity index (χ0) is 12.7. The highest BCUT2D eigenvalue weighted by atomic mass is 79.9. The fourth-order valence-corrected chi connectivity index (χ4v) is 2.81. The van der Waals surface area contributed by atoms with Crippen molar-refractivity contribution in [3.63, 3.8) is 0 Å². The number of rotatable bonds is 2. The normalized spacial score (nSPS) is 17.8. The van der Waals surface area contributed by atoms with Gasteiger partial charge in [0.2, 0.25) is 5.78 Å². The number of ketones is 2. The van der Waals surface area contributed by atoms with E-state index >= 15 is 0 Å². The number of carbonyl (C=O) groups is 2. The van der Waals surface area contributed by atoms with Crippen LogP contribution in [0, 0.1) is 5.92 Å². The fraction of sp³-hybridized carbons (Fsp3) is 0.143. The summed E-state index contributed by atoms with van der Waals surface area (Å²) in [4.78, 5) is 24.4. The third-order valence-corrected chi connectivity index (χ3v) is 3.93. The lowest BCUT2D eigenvalue weighted by Crippen LogP contribution is -2.20. The van der Waals surface area contributed by atoms with Crippen LogP contribution in [-0.4, -0.2) is 11.6 Å². The number of fused-ring (bicyclic) bond motifs is 1. The molecule has 0 spiro atoms. The molecule has 18 heavy (non-hydrogen) atoms. The van der Waals surface area contributed by atoms with Crippen molar-refractivity contribution in [2.45, 2.75) is 6.42 Å². The highest BCUT2D eigenvalue weighted by Crippen LogP contribution is 2.33. The van der Waals surface area contributed by atoms with Crippen molar-refractivity contribution < 1.29 is 14.0 Å². The quantitative estimate of drug-likeness (QED) is 0.632. The zero-order valence-corrected chi connectivity index (χ0v) is 10.9. The van der Waals surface area contributed by atoms with E-state index in [0.717, 1.165) is 10.0 Å². The third kappa shape index (κ3) is 1.64. The Morgan fingerprint density at radius 1 is 1.28 bits per heavy atom. The Morgan fingerprint density at radius 2 is 2.11 bits per heavy atom. The summed E-state index contributed by atoms with van der Waals surface area (Å²) >= 11 is 3.41. The maximum absolute atomic E-state index is 12.2. The van der Waals surface area contributed by atoms with Crippen molar-refractivity contribution in [3.05, 3.63) is 58.0 Å². The van der Waals surface area contributed by atoms with E-state index in [2.05, 4.69) is 15.9 Å². The van der Waals surface area contributed by atoms with Crippen LogP contribution in [0.4, 0.5) is 0 Å².